The summed E-state index contributed by atoms with van der Waals surface area (Å²) in [6.07, 6.45) is 2.33. The third-order valence-corrected chi connectivity index (χ3v) is 2.26. The molecule has 110 valence electrons. The molecule has 1 aliphatic heterocycles. The number of hydrogen-bond donors (Lipinski definition) is 1. The Labute approximate surface area is 121 Å². The van der Waals surface area contributed by atoms with Crippen molar-refractivity contribution < 1.29 is 4.74 Å². The molecule has 0 bridgehead atoms. The van der Waals surface area contributed by atoms with E-state index >= 15 is 0 Å². The third-order valence-electron chi connectivity index (χ3n) is 2.26. The lowest BCUT2D eigenvalue weighted by atomic mass is 10.2. The SMILES string of the molecule is CC.CC.COc1cccc(N2C=C(CC#N)CN2)n1. The molecule has 0 aliphatic carbocycles. The summed E-state index contributed by atoms with van der Waals surface area (Å²) >= 11 is 0. The highest BCUT2D eigenvalue weighted by molar-refractivity contribution is 5.45. The molecule has 20 heavy (non-hydrogen) atoms. The number of ether oxygens (including phenoxy) is 1. The molecule has 1 aromatic heterocycles. The molecule has 0 spiro atoms. The number of aromatic nitrogens is 1. The van der Waals surface area contributed by atoms with Gasteiger partial charge in [-0.1, -0.05) is 33.8 Å². The first-order valence-corrected chi connectivity index (χ1v) is 6.94. The van der Waals surface area contributed by atoms with E-state index in [4.69, 9.17) is 10.00 Å². The maximum atomic E-state index is 8.59. The Morgan fingerprint density at radius 1 is 1.35 bits per heavy atom. The number of methoxy groups -OCH3 is 1. The quantitative estimate of drug-likeness (QED) is 0.918. The number of hydrazine groups is 1. The minimum absolute atomic E-state index is 0.438. The van der Waals surface area contributed by atoms with Crippen LogP contribution in [0.3, 0.4) is 0 Å². The molecule has 5 heteroatoms. The van der Waals surface area contributed by atoms with E-state index in [9.17, 15) is 0 Å². The van der Waals surface area contributed by atoms with Crippen LogP contribution in [-0.2, 0) is 0 Å². The Bertz CT molecular complexity index is 451. The average Bonchev–Trinajstić information content (AvgIpc) is 3.00. The van der Waals surface area contributed by atoms with Gasteiger partial charge in [0.05, 0.1) is 19.6 Å². The minimum atomic E-state index is 0.438. The van der Waals surface area contributed by atoms with Crippen LogP contribution < -0.4 is 15.2 Å². The molecule has 2 rings (SSSR count). The Morgan fingerprint density at radius 3 is 2.65 bits per heavy atom. The van der Waals surface area contributed by atoms with Crippen LogP contribution in [0.2, 0.25) is 0 Å². The first-order valence-electron chi connectivity index (χ1n) is 6.94. The van der Waals surface area contributed by atoms with Gasteiger partial charge in [0, 0.05) is 18.8 Å². The summed E-state index contributed by atoms with van der Waals surface area (Å²) in [4.78, 5) is 4.28. The van der Waals surface area contributed by atoms with E-state index in [1.807, 2.05) is 46.0 Å². The molecule has 0 fully saturated rings. The second-order valence-electron chi connectivity index (χ2n) is 3.37. The molecule has 0 amide bonds. The topological polar surface area (TPSA) is 61.2 Å². The fraction of sp³-hybridized carbons (Fsp3) is 0.467. The summed E-state index contributed by atoms with van der Waals surface area (Å²) in [5.74, 6) is 1.33. The van der Waals surface area contributed by atoms with Crippen molar-refractivity contribution in [3.05, 3.63) is 30.0 Å². The van der Waals surface area contributed by atoms with E-state index in [1.165, 1.54) is 0 Å². The van der Waals surface area contributed by atoms with Crippen molar-refractivity contribution >= 4 is 5.82 Å². The highest BCUT2D eigenvalue weighted by Gasteiger charge is 2.14. The van der Waals surface area contributed by atoms with E-state index in [-0.39, 0.29) is 0 Å². The zero-order valence-corrected chi connectivity index (χ0v) is 13.0. The second-order valence-corrected chi connectivity index (χ2v) is 3.37. The summed E-state index contributed by atoms with van der Waals surface area (Å²) in [5.41, 5.74) is 4.18. The lowest BCUT2D eigenvalue weighted by molar-refractivity contribution is 0.398. The Balaban J connectivity index is 0.000000829. The molecule has 0 unspecified atom stereocenters. The van der Waals surface area contributed by atoms with Gasteiger partial charge in [-0.25, -0.2) is 5.43 Å². The normalized spacial score (nSPS) is 12.2. The van der Waals surface area contributed by atoms with Gasteiger partial charge in [-0.05, 0) is 11.6 Å². The highest BCUT2D eigenvalue weighted by Crippen LogP contribution is 2.18. The summed E-state index contributed by atoms with van der Waals surface area (Å²) in [5, 5.41) is 10.4. The predicted octanol–water partition coefficient (Wildman–Crippen LogP) is 3.26. The van der Waals surface area contributed by atoms with Crippen LogP contribution in [0.5, 0.6) is 5.88 Å². The van der Waals surface area contributed by atoms with Crippen molar-refractivity contribution in [3.63, 3.8) is 0 Å². The van der Waals surface area contributed by atoms with Gasteiger partial charge in [0.1, 0.15) is 0 Å². The van der Waals surface area contributed by atoms with Crippen LogP contribution in [0.1, 0.15) is 34.1 Å². The van der Waals surface area contributed by atoms with Crippen molar-refractivity contribution in [3.8, 4) is 11.9 Å². The molecule has 5 nitrogen and oxygen atoms in total. The van der Waals surface area contributed by atoms with Crippen LogP contribution in [0.4, 0.5) is 5.82 Å². The third kappa shape index (κ3) is 5.29. The summed E-state index contributed by atoms with van der Waals surface area (Å²) in [6, 6.07) is 7.67. The second kappa shape index (κ2) is 10.8. The van der Waals surface area contributed by atoms with Crippen molar-refractivity contribution in [2.75, 3.05) is 18.7 Å². The first kappa shape index (κ1) is 17.9. The monoisotopic (exact) mass is 276 g/mol. The molecule has 0 aromatic carbocycles. The summed E-state index contributed by atoms with van der Waals surface area (Å²) < 4.78 is 5.05. The van der Waals surface area contributed by atoms with Gasteiger partial charge >= 0.3 is 0 Å². The Morgan fingerprint density at radius 2 is 2.05 bits per heavy atom. The zero-order valence-electron chi connectivity index (χ0n) is 13.0. The van der Waals surface area contributed by atoms with Crippen LogP contribution in [0.25, 0.3) is 0 Å². The molecular formula is C15H24N4O. The van der Waals surface area contributed by atoms with Crippen LogP contribution in [0, 0.1) is 11.3 Å². The number of nitriles is 1. The van der Waals surface area contributed by atoms with Gasteiger partial charge in [-0.3, -0.25) is 5.01 Å². The van der Waals surface area contributed by atoms with Crippen LogP contribution >= 0.6 is 0 Å². The fourth-order valence-corrected chi connectivity index (χ4v) is 1.47. The van der Waals surface area contributed by atoms with Crippen molar-refractivity contribution in [2.24, 2.45) is 0 Å². The number of nitrogens with zero attached hydrogens (tertiary/aromatic N) is 3. The van der Waals surface area contributed by atoms with E-state index in [0.29, 0.717) is 18.8 Å². The zero-order chi connectivity index (χ0) is 15.4. The number of nitrogens with one attached hydrogen (secondary N) is 1. The predicted molar refractivity (Wildman–Crippen MR) is 82.3 cm³/mol. The molecule has 0 saturated heterocycles. The summed E-state index contributed by atoms with van der Waals surface area (Å²) in [7, 11) is 1.58. The van der Waals surface area contributed by atoms with E-state index < -0.39 is 0 Å². The molecule has 1 N–H and O–H groups in total. The standard InChI is InChI=1S/C11H12N4O.2C2H6/c1-16-11-4-2-3-10(14-11)15-8-9(5-6-12)7-13-15;2*1-2/h2-4,8,13H,5,7H2,1H3;2*1-2H3. The number of pyridine rings is 1. The van der Waals surface area contributed by atoms with E-state index in [0.717, 1.165) is 11.4 Å². The average molecular weight is 276 g/mol. The molecule has 2 heterocycles. The highest BCUT2D eigenvalue weighted by atomic mass is 16.5. The molecule has 1 aromatic rings. The Hall–Kier alpha value is -2.06. The Kier molecular flexibility index (Phi) is 9.71. The fourth-order valence-electron chi connectivity index (χ4n) is 1.47. The number of hydrogen-bond acceptors (Lipinski definition) is 5. The molecule has 0 radical (unpaired) electrons. The lowest BCUT2D eigenvalue weighted by Crippen LogP contribution is -2.29. The molecule has 1 aliphatic rings. The van der Waals surface area contributed by atoms with Gasteiger partial charge in [0.2, 0.25) is 5.88 Å². The lowest BCUT2D eigenvalue weighted by Gasteiger charge is -2.14. The maximum Gasteiger partial charge on any atom is 0.214 e. The maximum absolute atomic E-state index is 8.59. The van der Waals surface area contributed by atoms with Gasteiger partial charge in [-0.2, -0.15) is 10.2 Å². The van der Waals surface area contributed by atoms with Crippen molar-refractivity contribution in [2.45, 2.75) is 34.1 Å². The van der Waals surface area contributed by atoms with Crippen LogP contribution in [-0.4, -0.2) is 18.6 Å². The summed E-state index contributed by atoms with van der Waals surface area (Å²) in [6.45, 7) is 8.69. The van der Waals surface area contributed by atoms with Crippen LogP contribution in [0.15, 0.2) is 30.0 Å². The van der Waals surface area contributed by atoms with Gasteiger partial charge < -0.3 is 4.74 Å². The largest absolute Gasteiger partial charge is 0.481 e. The van der Waals surface area contributed by atoms with Crippen molar-refractivity contribution in [1.82, 2.24) is 10.4 Å². The van der Waals surface area contributed by atoms with Gasteiger partial charge in [-0.15, -0.1) is 0 Å². The van der Waals surface area contributed by atoms with E-state index in [2.05, 4.69) is 16.5 Å². The molecule has 0 saturated carbocycles. The number of anilines is 1. The smallest absolute Gasteiger partial charge is 0.214 e. The van der Waals surface area contributed by atoms with E-state index in [1.54, 1.807) is 18.2 Å². The molecular weight excluding hydrogens is 252 g/mol. The minimum Gasteiger partial charge on any atom is -0.481 e. The van der Waals surface area contributed by atoms with Crippen molar-refractivity contribution in [1.29, 1.82) is 5.26 Å². The molecule has 0 atom stereocenters. The number of rotatable bonds is 3. The first-order chi connectivity index (χ1) is 9.83. The van der Waals surface area contributed by atoms with Gasteiger partial charge in [0.15, 0.2) is 5.82 Å². The van der Waals surface area contributed by atoms with Gasteiger partial charge in [0.25, 0.3) is 0 Å².